The van der Waals surface area contributed by atoms with Gasteiger partial charge in [-0.25, -0.2) is 13.4 Å². The molecule has 9 nitrogen and oxygen atoms in total. The number of carbonyl (C=O) groups is 1. The van der Waals surface area contributed by atoms with Crippen molar-refractivity contribution in [2.75, 3.05) is 44.8 Å². The van der Waals surface area contributed by atoms with E-state index in [1.807, 2.05) is 0 Å². The maximum absolute atomic E-state index is 13.1. The largest absolute Gasteiger partial charge is 0.381 e. The van der Waals surface area contributed by atoms with Crippen molar-refractivity contribution in [2.24, 2.45) is 0 Å². The van der Waals surface area contributed by atoms with Gasteiger partial charge in [0.2, 0.25) is 10.0 Å². The lowest BCUT2D eigenvalue weighted by Gasteiger charge is -2.28. The van der Waals surface area contributed by atoms with Crippen LogP contribution in [-0.4, -0.2) is 69.2 Å². The first-order chi connectivity index (χ1) is 16.0. The highest BCUT2D eigenvalue weighted by atomic mass is 32.2. The molecule has 2 aromatic rings. The fourth-order valence-electron chi connectivity index (χ4n) is 3.66. The van der Waals surface area contributed by atoms with Crippen LogP contribution in [0.15, 0.2) is 41.9 Å². The molecule has 1 atom stereocenters. The molecule has 0 spiro atoms. The van der Waals surface area contributed by atoms with E-state index < -0.39 is 16.1 Å². The predicted octanol–water partition coefficient (Wildman–Crippen LogP) is 2.68. The predicted molar refractivity (Wildman–Crippen MR) is 125 cm³/mol. The van der Waals surface area contributed by atoms with Gasteiger partial charge in [0.15, 0.2) is 11.2 Å². The van der Waals surface area contributed by atoms with Gasteiger partial charge in [-0.2, -0.15) is 4.31 Å². The number of nitrogens with one attached hydrogen (secondary N) is 1. The van der Waals surface area contributed by atoms with Gasteiger partial charge in [-0.05, 0) is 30.5 Å². The Hall–Kier alpha value is -2.15. The van der Waals surface area contributed by atoms with Crippen LogP contribution in [0.3, 0.4) is 0 Å². The summed E-state index contributed by atoms with van der Waals surface area (Å²) in [4.78, 5) is 18.4. The molecule has 178 valence electrons. The van der Waals surface area contributed by atoms with E-state index >= 15 is 0 Å². The molecule has 11 heteroatoms. The number of anilines is 1. The van der Waals surface area contributed by atoms with E-state index in [1.54, 1.807) is 24.4 Å². The van der Waals surface area contributed by atoms with Crippen LogP contribution in [0.5, 0.6) is 0 Å². The quantitative estimate of drug-likeness (QED) is 0.602. The second-order valence-electron chi connectivity index (χ2n) is 7.67. The zero-order chi connectivity index (χ0) is 23.3. The van der Waals surface area contributed by atoms with Crippen molar-refractivity contribution < 1.29 is 27.4 Å². The van der Waals surface area contributed by atoms with Gasteiger partial charge in [0.25, 0.3) is 5.91 Å². The summed E-state index contributed by atoms with van der Waals surface area (Å²) in [6.45, 7) is 6.25. The summed E-state index contributed by atoms with van der Waals surface area (Å²) in [5.41, 5.74) is 0.570. The summed E-state index contributed by atoms with van der Waals surface area (Å²) in [7, 11) is -3.62. The molecule has 1 unspecified atom stereocenters. The summed E-state index contributed by atoms with van der Waals surface area (Å²) in [5.74, 6) is -0.366. The molecule has 3 heterocycles. The van der Waals surface area contributed by atoms with Crippen LogP contribution in [0.1, 0.15) is 29.4 Å². The SMILES string of the molecule is C=Cc1cnc(NC(=O)C(OC2CCOCC2)c2ccc(S(=O)(=O)N3CCOCC3)cc2)s1. The number of benzene rings is 1. The lowest BCUT2D eigenvalue weighted by Crippen LogP contribution is -2.40. The number of ether oxygens (including phenoxy) is 3. The second-order valence-corrected chi connectivity index (χ2v) is 10.7. The molecular weight excluding hydrogens is 466 g/mol. The Morgan fingerprint density at radius 3 is 2.48 bits per heavy atom. The van der Waals surface area contributed by atoms with Crippen molar-refractivity contribution in [3.8, 4) is 0 Å². The maximum Gasteiger partial charge on any atom is 0.259 e. The molecule has 1 aromatic carbocycles. The molecule has 4 rings (SSSR count). The minimum absolute atomic E-state index is 0.133. The normalized spacial score (nSPS) is 19.2. The number of amides is 1. The first-order valence-electron chi connectivity index (χ1n) is 10.8. The molecule has 2 fully saturated rings. The van der Waals surface area contributed by atoms with Crippen molar-refractivity contribution in [3.05, 3.63) is 47.5 Å². The Balaban J connectivity index is 1.54. The molecular formula is C22H27N3O6S2. The van der Waals surface area contributed by atoms with Crippen molar-refractivity contribution in [1.29, 1.82) is 0 Å². The number of rotatable bonds is 8. The molecule has 2 saturated heterocycles. The van der Waals surface area contributed by atoms with Crippen LogP contribution in [0.2, 0.25) is 0 Å². The van der Waals surface area contributed by atoms with Gasteiger partial charge in [-0.15, -0.1) is 0 Å². The molecule has 2 aliphatic rings. The Morgan fingerprint density at radius 1 is 1.18 bits per heavy atom. The summed E-state index contributed by atoms with van der Waals surface area (Å²) >= 11 is 1.31. The van der Waals surface area contributed by atoms with E-state index in [-0.39, 0.29) is 16.9 Å². The van der Waals surface area contributed by atoms with Gasteiger partial charge in [0.05, 0.1) is 24.2 Å². The number of sulfonamides is 1. The lowest BCUT2D eigenvalue weighted by molar-refractivity contribution is -0.136. The van der Waals surface area contributed by atoms with Gasteiger partial charge in [-0.1, -0.05) is 36.1 Å². The summed E-state index contributed by atoms with van der Waals surface area (Å²) < 4.78 is 44.1. The van der Waals surface area contributed by atoms with Crippen LogP contribution in [0.25, 0.3) is 6.08 Å². The number of hydrogen-bond acceptors (Lipinski definition) is 8. The summed E-state index contributed by atoms with van der Waals surface area (Å²) in [5, 5.41) is 3.25. The monoisotopic (exact) mass is 493 g/mol. The first-order valence-corrected chi connectivity index (χ1v) is 13.0. The topological polar surface area (TPSA) is 107 Å². The number of thiazole rings is 1. The number of nitrogens with zero attached hydrogens (tertiary/aromatic N) is 2. The fraction of sp³-hybridized carbons (Fsp3) is 0.455. The van der Waals surface area contributed by atoms with E-state index in [0.29, 0.717) is 63.1 Å². The highest BCUT2D eigenvalue weighted by molar-refractivity contribution is 7.89. The third kappa shape index (κ3) is 5.86. The molecule has 1 N–H and O–H groups in total. The molecule has 1 aromatic heterocycles. The van der Waals surface area contributed by atoms with Gasteiger partial charge >= 0.3 is 0 Å². The number of hydrogen-bond donors (Lipinski definition) is 1. The van der Waals surface area contributed by atoms with Crippen LogP contribution in [-0.2, 0) is 29.0 Å². The van der Waals surface area contributed by atoms with Crippen molar-refractivity contribution in [2.45, 2.75) is 29.9 Å². The standard InChI is InChI=1S/C22H27N3O6S2/c1-2-18-15-23-22(32-18)24-21(26)20(31-17-7-11-29-12-8-17)16-3-5-19(6-4-16)33(27,28)25-9-13-30-14-10-25/h2-6,15,17,20H,1,7-14H2,(H,23,24,26). The molecule has 0 radical (unpaired) electrons. The van der Waals surface area contributed by atoms with Gasteiger partial charge in [-0.3, -0.25) is 10.1 Å². The number of carbonyl (C=O) groups excluding carboxylic acids is 1. The number of aromatic nitrogens is 1. The van der Waals surface area contributed by atoms with Crippen LogP contribution < -0.4 is 5.32 Å². The van der Waals surface area contributed by atoms with Crippen LogP contribution in [0, 0.1) is 0 Å². The maximum atomic E-state index is 13.1. The smallest absolute Gasteiger partial charge is 0.259 e. The van der Waals surface area contributed by atoms with E-state index in [4.69, 9.17) is 14.2 Å². The Kier molecular flexibility index (Phi) is 7.89. The molecule has 0 bridgehead atoms. The summed E-state index contributed by atoms with van der Waals surface area (Å²) in [6, 6.07) is 6.31. The zero-order valence-corrected chi connectivity index (χ0v) is 19.8. The van der Waals surface area contributed by atoms with Gasteiger partial charge in [0, 0.05) is 37.4 Å². The molecule has 2 aliphatic heterocycles. The lowest BCUT2D eigenvalue weighted by atomic mass is 10.1. The summed E-state index contributed by atoms with van der Waals surface area (Å²) in [6.07, 6.45) is 3.62. The van der Waals surface area contributed by atoms with E-state index in [2.05, 4.69) is 16.9 Å². The highest BCUT2D eigenvalue weighted by Gasteiger charge is 2.30. The van der Waals surface area contributed by atoms with Gasteiger partial charge in [0.1, 0.15) is 0 Å². The minimum atomic E-state index is -3.62. The second kappa shape index (κ2) is 10.9. The van der Waals surface area contributed by atoms with Crippen LogP contribution in [0.4, 0.5) is 5.13 Å². The van der Waals surface area contributed by atoms with Gasteiger partial charge < -0.3 is 14.2 Å². The highest BCUT2D eigenvalue weighted by Crippen LogP contribution is 2.28. The number of morpholine rings is 1. The third-order valence-electron chi connectivity index (χ3n) is 5.48. The molecule has 33 heavy (non-hydrogen) atoms. The first kappa shape index (κ1) is 24.0. The average Bonchev–Trinajstić information content (AvgIpc) is 3.31. The zero-order valence-electron chi connectivity index (χ0n) is 18.1. The Labute approximate surface area is 197 Å². The third-order valence-corrected chi connectivity index (χ3v) is 8.30. The molecule has 0 aliphatic carbocycles. The molecule has 1 amide bonds. The van der Waals surface area contributed by atoms with E-state index in [0.717, 1.165) is 4.88 Å². The Morgan fingerprint density at radius 2 is 1.85 bits per heavy atom. The van der Waals surface area contributed by atoms with E-state index in [1.165, 1.54) is 27.8 Å². The fourth-order valence-corrected chi connectivity index (χ4v) is 5.73. The average molecular weight is 494 g/mol. The van der Waals surface area contributed by atoms with Crippen molar-refractivity contribution in [3.63, 3.8) is 0 Å². The van der Waals surface area contributed by atoms with Crippen LogP contribution >= 0.6 is 11.3 Å². The van der Waals surface area contributed by atoms with Crippen molar-refractivity contribution >= 4 is 38.5 Å². The van der Waals surface area contributed by atoms with Crippen molar-refractivity contribution in [1.82, 2.24) is 9.29 Å². The molecule has 0 saturated carbocycles. The minimum Gasteiger partial charge on any atom is -0.381 e. The Bertz CT molecular complexity index is 1060. The van der Waals surface area contributed by atoms with E-state index in [9.17, 15) is 13.2 Å².